The van der Waals surface area contributed by atoms with Gasteiger partial charge in [0.15, 0.2) is 14.7 Å². The molecule has 0 N–H and O–H groups in total. The molecule has 14 heavy (non-hydrogen) atoms. The molecule has 0 rings (SSSR count). The van der Waals surface area contributed by atoms with Crippen molar-refractivity contribution in [1.29, 1.82) is 5.26 Å². The van der Waals surface area contributed by atoms with E-state index in [0.717, 1.165) is 6.26 Å². The Balaban J connectivity index is 5.20. The first-order valence-corrected chi connectivity index (χ1v) is 5.72. The van der Waals surface area contributed by atoms with Gasteiger partial charge >= 0.3 is 0 Å². The Morgan fingerprint density at radius 1 is 1.50 bits per heavy atom. The monoisotopic (exact) mass is 217 g/mol. The lowest BCUT2D eigenvalue weighted by Gasteiger charge is -2.17. The Hall–Kier alpha value is -1.02. The normalized spacial score (nSPS) is 13.5. The molecular formula is C9H15NO3S. The van der Waals surface area contributed by atoms with Crippen LogP contribution in [0.4, 0.5) is 0 Å². The average Bonchev–Trinajstić information content (AvgIpc) is 2.03. The standard InChI is InChI=1S/C9H15NO3S/c1-5-13-7-8(6-10)14(11,12)9(2,3)4/h7H,5H2,1-4H3. The summed E-state index contributed by atoms with van der Waals surface area (Å²) in [6.45, 7) is 6.68. The van der Waals surface area contributed by atoms with Gasteiger partial charge in [0.2, 0.25) is 0 Å². The van der Waals surface area contributed by atoms with Gasteiger partial charge in [-0.15, -0.1) is 0 Å². The molecule has 4 nitrogen and oxygen atoms in total. The molecule has 0 radical (unpaired) electrons. The number of nitriles is 1. The fourth-order valence-corrected chi connectivity index (χ4v) is 1.61. The van der Waals surface area contributed by atoms with Crippen molar-refractivity contribution in [2.75, 3.05) is 6.61 Å². The van der Waals surface area contributed by atoms with Gasteiger partial charge < -0.3 is 4.74 Å². The van der Waals surface area contributed by atoms with Crippen LogP contribution in [-0.2, 0) is 14.6 Å². The van der Waals surface area contributed by atoms with Gasteiger partial charge in [-0.2, -0.15) is 5.26 Å². The van der Waals surface area contributed by atoms with Crippen LogP contribution in [-0.4, -0.2) is 19.8 Å². The van der Waals surface area contributed by atoms with Crippen molar-refractivity contribution in [1.82, 2.24) is 0 Å². The first-order valence-electron chi connectivity index (χ1n) is 4.24. The molecule has 0 aliphatic rings. The van der Waals surface area contributed by atoms with Crippen molar-refractivity contribution in [3.05, 3.63) is 11.2 Å². The van der Waals surface area contributed by atoms with Crippen LogP contribution in [0.25, 0.3) is 0 Å². The highest BCUT2D eigenvalue weighted by Gasteiger charge is 2.33. The van der Waals surface area contributed by atoms with Crippen molar-refractivity contribution >= 4 is 9.84 Å². The van der Waals surface area contributed by atoms with E-state index >= 15 is 0 Å². The second kappa shape index (κ2) is 4.47. The van der Waals surface area contributed by atoms with Crippen molar-refractivity contribution in [2.24, 2.45) is 0 Å². The molecule has 80 valence electrons. The van der Waals surface area contributed by atoms with Crippen LogP contribution in [0.1, 0.15) is 27.7 Å². The van der Waals surface area contributed by atoms with E-state index in [1.807, 2.05) is 0 Å². The maximum atomic E-state index is 11.7. The van der Waals surface area contributed by atoms with Crippen LogP contribution in [0, 0.1) is 11.3 Å². The molecule has 0 aromatic rings. The van der Waals surface area contributed by atoms with E-state index in [0.29, 0.717) is 6.61 Å². The van der Waals surface area contributed by atoms with E-state index in [2.05, 4.69) is 0 Å². The highest BCUT2D eigenvalue weighted by Crippen LogP contribution is 2.22. The summed E-state index contributed by atoms with van der Waals surface area (Å²) in [5.41, 5.74) is 0. The van der Waals surface area contributed by atoms with Crippen LogP contribution in [0.2, 0.25) is 0 Å². The van der Waals surface area contributed by atoms with E-state index in [4.69, 9.17) is 10.00 Å². The van der Waals surface area contributed by atoms with Gasteiger partial charge in [0.1, 0.15) is 12.3 Å². The van der Waals surface area contributed by atoms with Crippen LogP contribution in [0.3, 0.4) is 0 Å². The summed E-state index contributed by atoms with van der Waals surface area (Å²) in [5.74, 6) is 0. The fourth-order valence-electron chi connectivity index (χ4n) is 0.639. The van der Waals surface area contributed by atoms with Gasteiger partial charge in [0.25, 0.3) is 0 Å². The number of hydrogen-bond donors (Lipinski definition) is 0. The predicted octanol–water partition coefficient (Wildman–Crippen LogP) is 1.60. The van der Waals surface area contributed by atoms with Crippen molar-refractivity contribution in [3.8, 4) is 6.07 Å². The largest absolute Gasteiger partial charge is 0.499 e. The second-order valence-electron chi connectivity index (χ2n) is 3.67. The minimum absolute atomic E-state index is 0.327. The summed E-state index contributed by atoms with van der Waals surface area (Å²) in [6, 6.07) is 1.63. The summed E-state index contributed by atoms with van der Waals surface area (Å²) in [4.78, 5) is -0.327. The number of allylic oxidation sites excluding steroid dienone is 1. The Morgan fingerprint density at radius 2 is 2.00 bits per heavy atom. The second-order valence-corrected chi connectivity index (χ2v) is 6.34. The van der Waals surface area contributed by atoms with E-state index in [1.165, 1.54) is 0 Å². The summed E-state index contributed by atoms with van der Waals surface area (Å²) in [6.07, 6.45) is 1.00. The van der Waals surface area contributed by atoms with Gasteiger partial charge in [-0.25, -0.2) is 8.42 Å². The molecule has 0 bridgehead atoms. The highest BCUT2D eigenvalue weighted by molar-refractivity contribution is 7.96. The first-order chi connectivity index (χ1) is 6.27. The quantitative estimate of drug-likeness (QED) is 0.532. The minimum Gasteiger partial charge on any atom is -0.499 e. The fraction of sp³-hybridized carbons (Fsp3) is 0.667. The number of ether oxygens (including phenoxy) is 1. The lowest BCUT2D eigenvalue weighted by atomic mass is 10.3. The van der Waals surface area contributed by atoms with Crippen LogP contribution < -0.4 is 0 Å². The third-order valence-electron chi connectivity index (χ3n) is 1.56. The Kier molecular flexibility index (Phi) is 4.14. The Bertz CT molecular complexity index is 354. The van der Waals surface area contributed by atoms with Gasteiger partial charge in [0, 0.05) is 0 Å². The first kappa shape index (κ1) is 13.0. The number of sulfone groups is 1. The maximum absolute atomic E-state index is 11.7. The van der Waals surface area contributed by atoms with Crippen LogP contribution >= 0.6 is 0 Å². The molecule has 0 saturated heterocycles. The van der Waals surface area contributed by atoms with Crippen molar-refractivity contribution in [2.45, 2.75) is 32.4 Å². The lowest BCUT2D eigenvalue weighted by Crippen LogP contribution is -2.28. The molecule has 0 fully saturated rings. The molecule has 0 unspecified atom stereocenters. The zero-order chi connectivity index (χ0) is 11.4. The third kappa shape index (κ3) is 2.74. The zero-order valence-electron chi connectivity index (χ0n) is 8.86. The molecule has 0 atom stereocenters. The van der Waals surface area contributed by atoms with Crippen LogP contribution in [0.15, 0.2) is 11.2 Å². The van der Waals surface area contributed by atoms with Gasteiger partial charge in [-0.05, 0) is 27.7 Å². The zero-order valence-corrected chi connectivity index (χ0v) is 9.68. The topological polar surface area (TPSA) is 67.2 Å². The predicted molar refractivity (Wildman–Crippen MR) is 54.0 cm³/mol. The minimum atomic E-state index is -3.59. The van der Waals surface area contributed by atoms with Crippen LogP contribution in [0.5, 0.6) is 0 Å². The van der Waals surface area contributed by atoms with Gasteiger partial charge in [-0.3, -0.25) is 0 Å². The molecule has 5 heteroatoms. The molecule has 0 heterocycles. The van der Waals surface area contributed by atoms with E-state index in [9.17, 15) is 8.42 Å². The van der Waals surface area contributed by atoms with Crippen molar-refractivity contribution < 1.29 is 13.2 Å². The van der Waals surface area contributed by atoms with E-state index in [-0.39, 0.29) is 4.91 Å². The summed E-state index contributed by atoms with van der Waals surface area (Å²) < 4.78 is 27.3. The molecule has 0 amide bonds. The highest BCUT2D eigenvalue weighted by atomic mass is 32.2. The summed E-state index contributed by atoms with van der Waals surface area (Å²) >= 11 is 0. The Morgan fingerprint density at radius 3 is 2.29 bits per heavy atom. The van der Waals surface area contributed by atoms with Gasteiger partial charge in [-0.1, -0.05) is 0 Å². The average molecular weight is 217 g/mol. The molecular weight excluding hydrogens is 202 g/mol. The maximum Gasteiger partial charge on any atom is 0.196 e. The summed E-state index contributed by atoms with van der Waals surface area (Å²) in [5, 5.41) is 8.67. The van der Waals surface area contributed by atoms with E-state index < -0.39 is 14.6 Å². The number of hydrogen-bond acceptors (Lipinski definition) is 4. The third-order valence-corrected chi connectivity index (χ3v) is 3.94. The smallest absolute Gasteiger partial charge is 0.196 e. The summed E-state index contributed by atoms with van der Waals surface area (Å²) in [7, 11) is -3.59. The molecule has 0 aromatic heterocycles. The molecule has 0 aliphatic carbocycles. The molecule has 0 aromatic carbocycles. The Labute approximate surface area is 85.1 Å². The van der Waals surface area contributed by atoms with E-state index in [1.54, 1.807) is 33.8 Å². The molecule has 0 saturated carbocycles. The number of rotatable bonds is 3. The number of nitrogens with zero attached hydrogens (tertiary/aromatic N) is 1. The van der Waals surface area contributed by atoms with Crippen molar-refractivity contribution in [3.63, 3.8) is 0 Å². The SMILES string of the molecule is CCOC=C(C#N)S(=O)(=O)C(C)(C)C. The lowest BCUT2D eigenvalue weighted by molar-refractivity contribution is 0.268. The van der Waals surface area contributed by atoms with Gasteiger partial charge in [0.05, 0.1) is 11.4 Å². The molecule has 0 aliphatic heterocycles. The molecule has 0 spiro atoms.